The molecule has 168 valence electrons. The maximum Gasteiger partial charge on any atom is 0.231 e. The molecule has 0 spiro atoms. The lowest BCUT2D eigenvalue weighted by Crippen LogP contribution is -2.48. The number of aliphatic imine (C=N–C) groups is 1. The third-order valence-corrected chi connectivity index (χ3v) is 6.20. The van der Waals surface area contributed by atoms with Crippen LogP contribution in [-0.4, -0.2) is 39.6 Å². The van der Waals surface area contributed by atoms with Crippen LogP contribution < -0.4 is 20.1 Å². The van der Waals surface area contributed by atoms with E-state index in [1.54, 1.807) is 0 Å². The Morgan fingerprint density at radius 3 is 2.52 bits per heavy atom. The van der Waals surface area contributed by atoms with Crippen LogP contribution in [0.5, 0.6) is 11.5 Å². The third-order valence-electron chi connectivity index (χ3n) is 6.20. The van der Waals surface area contributed by atoms with Gasteiger partial charge in [0.25, 0.3) is 0 Å². The van der Waals surface area contributed by atoms with E-state index in [-0.39, 0.29) is 29.4 Å². The molecule has 2 aromatic rings. The Balaban J connectivity index is 0.00000272. The van der Waals surface area contributed by atoms with Crippen LogP contribution in [0.15, 0.2) is 41.4 Å². The predicted octanol–water partition coefficient (Wildman–Crippen LogP) is 4.06. The summed E-state index contributed by atoms with van der Waals surface area (Å²) < 4.78 is 16.8. The summed E-state index contributed by atoms with van der Waals surface area (Å²) in [5.41, 5.74) is 5.08. The van der Waals surface area contributed by atoms with Crippen molar-refractivity contribution >= 4 is 29.9 Å². The van der Waals surface area contributed by atoms with Gasteiger partial charge in [-0.25, -0.2) is 0 Å². The maximum absolute atomic E-state index is 5.67. The van der Waals surface area contributed by atoms with Crippen molar-refractivity contribution in [1.82, 2.24) is 10.6 Å². The van der Waals surface area contributed by atoms with Crippen LogP contribution in [0.25, 0.3) is 0 Å². The topological polar surface area (TPSA) is 64.1 Å². The second-order valence-electron chi connectivity index (χ2n) is 8.17. The molecule has 31 heavy (non-hydrogen) atoms. The Morgan fingerprint density at radius 1 is 1.00 bits per heavy atom. The highest BCUT2D eigenvalue weighted by Gasteiger charge is 2.35. The molecule has 2 heterocycles. The summed E-state index contributed by atoms with van der Waals surface area (Å²) in [6.07, 6.45) is 1.90. The summed E-state index contributed by atoms with van der Waals surface area (Å²) >= 11 is 0. The molecule has 2 aliphatic heterocycles. The minimum absolute atomic E-state index is 0. The van der Waals surface area contributed by atoms with Crippen LogP contribution in [0.4, 0.5) is 0 Å². The molecule has 6 nitrogen and oxygen atoms in total. The monoisotopic (exact) mass is 537 g/mol. The average molecular weight is 537 g/mol. The van der Waals surface area contributed by atoms with Crippen LogP contribution in [-0.2, 0) is 16.7 Å². The van der Waals surface area contributed by atoms with E-state index in [4.69, 9.17) is 14.2 Å². The van der Waals surface area contributed by atoms with Crippen LogP contribution in [0, 0.1) is 13.8 Å². The number of benzene rings is 2. The lowest BCUT2D eigenvalue weighted by molar-refractivity contribution is 0.0513. The number of aryl methyl sites for hydroxylation is 2. The molecule has 2 N–H and O–H groups in total. The van der Waals surface area contributed by atoms with Gasteiger partial charge >= 0.3 is 0 Å². The van der Waals surface area contributed by atoms with Gasteiger partial charge in [-0.15, -0.1) is 24.0 Å². The number of guanidine groups is 1. The van der Waals surface area contributed by atoms with Gasteiger partial charge in [0, 0.05) is 38.8 Å². The van der Waals surface area contributed by atoms with Gasteiger partial charge < -0.3 is 24.8 Å². The zero-order valence-corrected chi connectivity index (χ0v) is 20.8. The lowest BCUT2D eigenvalue weighted by Gasteiger charge is -2.38. The summed E-state index contributed by atoms with van der Waals surface area (Å²) in [5.74, 6) is 2.46. The Morgan fingerprint density at radius 2 is 1.77 bits per heavy atom. The van der Waals surface area contributed by atoms with Crippen molar-refractivity contribution in [1.29, 1.82) is 0 Å². The van der Waals surface area contributed by atoms with Crippen molar-refractivity contribution in [3.05, 3.63) is 58.7 Å². The van der Waals surface area contributed by atoms with Crippen molar-refractivity contribution in [3.63, 3.8) is 0 Å². The summed E-state index contributed by atoms with van der Waals surface area (Å²) in [5, 5.41) is 7.02. The minimum atomic E-state index is -0.0311. The zero-order valence-electron chi connectivity index (χ0n) is 18.5. The predicted molar refractivity (Wildman–Crippen MR) is 134 cm³/mol. The van der Waals surface area contributed by atoms with Gasteiger partial charge in [0.15, 0.2) is 17.5 Å². The minimum Gasteiger partial charge on any atom is -0.454 e. The molecule has 0 saturated carbocycles. The fraction of sp³-hybridized carbons (Fsp3) is 0.458. The number of rotatable bonds is 5. The summed E-state index contributed by atoms with van der Waals surface area (Å²) in [7, 11) is 1.81. The number of fused-ring (bicyclic) bond motifs is 1. The Hall–Kier alpha value is -2.00. The molecule has 2 aliphatic rings. The van der Waals surface area contributed by atoms with Gasteiger partial charge in [0.2, 0.25) is 6.79 Å². The lowest BCUT2D eigenvalue weighted by atomic mass is 9.74. The number of nitrogens with zero attached hydrogens (tertiary/aromatic N) is 1. The van der Waals surface area contributed by atoms with Crippen molar-refractivity contribution in [2.45, 2.75) is 38.6 Å². The van der Waals surface area contributed by atoms with E-state index in [1.807, 2.05) is 13.1 Å². The number of hydrogen-bond acceptors (Lipinski definition) is 4. The molecule has 2 aromatic carbocycles. The highest BCUT2D eigenvalue weighted by Crippen LogP contribution is 2.40. The van der Waals surface area contributed by atoms with Crippen molar-refractivity contribution < 1.29 is 14.2 Å². The van der Waals surface area contributed by atoms with Crippen molar-refractivity contribution in [2.24, 2.45) is 4.99 Å². The SMILES string of the molecule is CN=C(NCc1ccc(C)cc1C)NCC1(c2ccc3c(c2)OCO3)CCOCC1.I. The zero-order chi connectivity index (χ0) is 21.0. The number of ether oxygens (including phenoxy) is 3. The molecule has 0 bridgehead atoms. The van der Waals surface area contributed by atoms with Gasteiger partial charge in [-0.2, -0.15) is 0 Å². The number of nitrogens with one attached hydrogen (secondary N) is 2. The summed E-state index contributed by atoms with van der Waals surface area (Å²) in [4.78, 5) is 4.44. The molecule has 1 saturated heterocycles. The number of hydrogen-bond donors (Lipinski definition) is 2. The first-order valence-corrected chi connectivity index (χ1v) is 10.6. The summed E-state index contributed by atoms with van der Waals surface area (Å²) in [6.45, 7) is 7.59. The van der Waals surface area contributed by atoms with Gasteiger partial charge in [-0.3, -0.25) is 4.99 Å². The maximum atomic E-state index is 5.67. The van der Waals surface area contributed by atoms with Crippen molar-refractivity contribution in [2.75, 3.05) is 33.6 Å². The Bertz CT molecular complexity index is 926. The van der Waals surface area contributed by atoms with Crippen molar-refractivity contribution in [3.8, 4) is 11.5 Å². The van der Waals surface area contributed by atoms with Gasteiger partial charge in [0.1, 0.15) is 0 Å². The van der Waals surface area contributed by atoms with E-state index >= 15 is 0 Å². The Kier molecular flexibility index (Phi) is 8.05. The highest BCUT2D eigenvalue weighted by atomic mass is 127. The molecule has 0 unspecified atom stereocenters. The highest BCUT2D eigenvalue weighted by molar-refractivity contribution is 14.0. The van der Waals surface area contributed by atoms with Crippen LogP contribution in [0.3, 0.4) is 0 Å². The van der Waals surface area contributed by atoms with Gasteiger partial charge in [0.05, 0.1) is 0 Å². The number of halogens is 1. The fourth-order valence-electron chi connectivity index (χ4n) is 4.25. The molecule has 0 radical (unpaired) electrons. The summed E-state index contributed by atoms with van der Waals surface area (Å²) in [6, 6.07) is 12.8. The first-order chi connectivity index (χ1) is 14.6. The van der Waals surface area contributed by atoms with Crippen LogP contribution >= 0.6 is 24.0 Å². The molecule has 0 atom stereocenters. The molecule has 7 heteroatoms. The quantitative estimate of drug-likeness (QED) is 0.342. The first kappa shape index (κ1) is 23.7. The van der Waals surface area contributed by atoms with E-state index in [0.29, 0.717) is 6.79 Å². The van der Waals surface area contributed by atoms with E-state index < -0.39 is 0 Å². The van der Waals surface area contributed by atoms with Gasteiger partial charge in [-0.1, -0.05) is 29.8 Å². The van der Waals surface area contributed by atoms with E-state index in [9.17, 15) is 0 Å². The molecular weight excluding hydrogens is 505 g/mol. The second kappa shape index (κ2) is 10.5. The van der Waals surface area contributed by atoms with Gasteiger partial charge in [-0.05, 0) is 55.5 Å². The Labute approximate surface area is 201 Å². The van der Waals surface area contributed by atoms with E-state index in [1.165, 1.54) is 22.3 Å². The molecule has 0 aliphatic carbocycles. The normalized spacial score (nSPS) is 17.1. The fourth-order valence-corrected chi connectivity index (χ4v) is 4.25. The molecule has 4 rings (SSSR count). The molecule has 1 fully saturated rings. The van der Waals surface area contributed by atoms with Crippen LogP contribution in [0.1, 0.15) is 35.1 Å². The van der Waals surface area contributed by atoms with E-state index in [2.05, 4.69) is 59.8 Å². The smallest absolute Gasteiger partial charge is 0.231 e. The van der Waals surface area contributed by atoms with E-state index in [0.717, 1.165) is 56.6 Å². The second-order valence-corrected chi connectivity index (χ2v) is 8.17. The van der Waals surface area contributed by atoms with Crippen LogP contribution in [0.2, 0.25) is 0 Å². The molecular formula is C24H32IN3O3. The molecule has 0 amide bonds. The first-order valence-electron chi connectivity index (χ1n) is 10.6. The molecule has 0 aromatic heterocycles. The largest absolute Gasteiger partial charge is 0.454 e. The third kappa shape index (κ3) is 5.44. The standard InChI is InChI=1S/C24H31N3O3.HI/c1-17-4-5-19(18(2)12-17)14-26-23(25-3)27-15-24(8-10-28-11-9-24)20-6-7-21-22(13-20)30-16-29-21;/h4-7,12-13H,8-11,14-16H2,1-3H3,(H2,25,26,27);1H. The average Bonchev–Trinajstić information content (AvgIpc) is 3.23.